The van der Waals surface area contributed by atoms with Gasteiger partial charge in [0.05, 0.1) is 36.6 Å². The van der Waals surface area contributed by atoms with Gasteiger partial charge in [0.2, 0.25) is 0 Å². The summed E-state index contributed by atoms with van der Waals surface area (Å²) >= 11 is 1.28. The fourth-order valence-electron chi connectivity index (χ4n) is 4.76. The van der Waals surface area contributed by atoms with Crippen molar-refractivity contribution in [1.29, 1.82) is 0 Å². The summed E-state index contributed by atoms with van der Waals surface area (Å²) in [4.78, 5) is 56.1. The molecule has 1 aliphatic rings. The van der Waals surface area contributed by atoms with E-state index in [0.717, 1.165) is 10.4 Å². The van der Waals surface area contributed by atoms with Crippen molar-refractivity contribution in [2.24, 2.45) is 5.92 Å². The maximum absolute atomic E-state index is 13.4. The Hall–Kier alpha value is -4.05. The van der Waals surface area contributed by atoms with Gasteiger partial charge in [-0.15, -0.1) is 11.3 Å². The summed E-state index contributed by atoms with van der Waals surface area (Å²) in [6, 6.07) is 12.1. The highest BCUT2D eigenvalue weighted by molar-refractivity contribution is 7.17. The number of ether oxygens (including phenoxy) is 2. The number of carbonyl (C=O) groups is 3. The third-order valence-corrected chi connectivity index (χ3v) is 7.87. The molecule has 0 aliphatic heterocycles. The predicted octanol–water partition coefficient (Wildman–Crippen LogP) is 3.82. The summed E-state index contributed by atoms with van der Waals surface area (Å²) in [7, 11) is 2.72. The Labute approximate surface area is 216 Å². The van der Waals surface area contributed by atoms with Gasteiger partial charge in [0.1, 0.15) is 4.88 Å². The van der Waals surface area contributed by atoms with Crippen molar-refractivity contribution in [2.75, 3.05) is 14.2 Å². The molecule has 1 aromatic carbocycles. The van der Waals surface area contributed by atoms with Crippen LogP contribution in [0.25, 0.3) is 27.0 Å². The number of nitrogens with one attached hydrogen (secondary N) is 1. The Balaban J connectivity index is 1.44. The lowest BCUT2D eigenvalue weighted by molar-refractivity contribution is -0.146. The number of fused-ring (bicyclic) bond motifs is 2. The van der Waals surface area contributed by atoms with Crippen LogP contribution in [0.3, 0.4) is 0 Å². The molecule has 37 heavy (non-hydrogen) atoms. The minimum Gasteiger partial charge on any atom is -0.469 e. The first-order chi connectivity index (χ1) is 17.9. The van der Waals surface area contributed by atoms with Crippen molar-refractivity contribution in [3.8, 4) is 10.4 Å². The second kappa shape index (κ2) is 10.1. The van der Waals surface area contributed by atoms with E-state index >= 15 is 0 Å². The highest BCUT2D eigenvalue weighted by atomic mass is 32.1. The molecular formula is C27H25N3O6S. The van der Waals surface area contributed by atoms with Crippen LogP contribution in [0.5, 0.6) is 0 Å². The van der Waals surface area contributed by atoms with E-state index in [1.807, 2.05) is 12.1 Å². The minimum absolute atomic E-state index is 0.0657. The normalized spacial score (nSPS) is 17.5. The minimum atomic E-state index is -0.410. The van der Waals surface area contributed by atoms with Crippen LogP contribution in [0.1, 0.15) is 45.7 Å². The Morgan fingerprint density at radius 3 is 2.54 bits per heavy atom. The molecular weight excluding hydrogens is 494 g/mol. The van der Waals surface area contributed by atoms with Gasteiger partial charge in [-0.1, -0.05) is 6.07 Å². The number of methoxy groups -OCH3 is 2. The Kier molecular flexibility index (Phi) is 6.75. The quantitative estimate of drug-likeness (QED) is 0.315. The zero-order valence-corrected chi connectivity index (χ0v) is 21.2. The van der Waals surface area contributed by atoms with Crippen molar-refractivity contribution in [3.63, 3.8) is 0 Å². The molecule has 3 heterocycles. The van der Waals surface area contributed by atoms with E-state index in [-0.39, 0.29) is 35.0 Å². The van der Waals surface area contributed by atoms with Gasteiger partial charge in [-0.05, 0) is 67.6 Å². The Morgan fingerprint density at radius 2 is 1.81 bits per heavy atom. The summed E-state index contributed by atoms with van der Waals surface area (Å²) in [6.45, 7) is 0. The SMILES string of the molecule is COC(=O)c1ccc(-c2ccc3nc4c(C(=O)N[C@H]5CC[C@@H](C(=O)OC)CC5)cccn4c(=O)c3c2)s1. The fourth-order valence-corrected chi connectivity index (χ4v) is 5.68. The third-order valence-electron chi connectivity index (χ3n) is 6.76. The summed E-state index contributed by atoms with van der Waals surface area (Å²) in [5, 5.41) is 3.44. The largest absolute Gasteiger partial charge is 0.469 e. The molecule has 1 saturated carbocycles. The molecule has 1 aliphatic carbocycles. The molecule has 0 radical (unpaired) electrons. The van der Waals surface area contributed by atoms with Crippen LogP contribution < -0.4 is 10.9 Å². The summed E-state index contributed by atoms with van der Waals surface area (Å²) in [5.74, 6) is -1.06. The van der Waals surface area contributed by atoms with E-state index in [2.05, 4.69) is 10.3 Å². The summed E-state index contributed by atoms with van der Waals surface area (Å²) < 4.78 is 11.0. The molecule has 10 heteroatoms. The molecule has 3 aromatic heterocycles. The van der Waals surface area contributed by atoms with Gasteiger partial charge in [-0.2, -0.15) is 0 Å². The van der Waals surface area contributed by atoms with Crippen molar-refractivity contribution in [1.82, 2.24) is 14.7 Å². The second-order valence-electron chi connectivity index (χ2n) is 8.97. The van der Waals surface area contributed by atoms with Crippen LogP contribution in [0, 0.1) is 5.92 Å². The number of pyridine rings is 1. The van der Waals surface area contributed by atoms with Gasteiger partial charge >= 0.3 is 11.9 Å². The number of amides is 1. The standard InChI is InChI=1S/C27H25N3O6S/c1-35-26(33)15-5-8-17(9-6-15)28-24(31)18-4-3-13-30-23(18)29-20-10-7-16(14-19(20)25(30)32)21-11-12-22(37-21)27(34)36-2/h3-4,7,10-15,17H,5-6,8-9H2,1-2H3,(H,28,31)/t15-,17+. The van der Waals surface area contributed by atoms with Crippen molar-refractivity contribution in [2.45, 2.75) is 31.7 Å². The predicted molar refractivity (Wildman–Crippen MR) is 139 cm³/mol. The van der Waals surface area contributed by atoms with Crippen LogP contribution in [-0.4, -0.2) is 47.5 Å². The second-order valence-corrected chi connectivity index (χ2v) is 10.0. The number of carbonyl (C=O) groups excluding carboxylic acids is 3. The van der Waals surface area contributed by atoms with Gasteiger partial charge in [0, 0.05) is 17.1 Å². The van der Waals surface area contributed by atoms with Gasteiger partial charge in [-0.3, -0.25) is 18.8 Å². The Bertz CT molecular complexity index is 1580. The number of rotatable bonds is 5. The molecule has 1 amide bonds. The Morgan fingerprint density at radius 1 is 1.03 bits per heavy atom. The number of nitrogens with zero attached hydrogens (tertiary/aromatic N) is 2. The zero-order chi connectivity index (χ0) is 26.1. The number of aromatic nitrogens is 2. The lowest BCUT2D eigenvalue weighted by Crippen LogP contribution is -2.39. The van der Waals surface area contributed by atoms with Crippen LogP contribution in [0.2, 0.25) is 0 Å². The van der Waals surface area contributed by atoms with Crippen LogP contribution in [0.15, 0.2) is 53.5 Å². The fraction of sp³-hybridized carbons (Fsp3) is 0.296. The molecule has 0 unspecified atom stereocenters. The van der Waals surface area contributed by atoms with E-state index in [1.54, 1.807) is 36.5 Å². The van der Waals surface area contributed by atoms with Crippen LogP contribution in [-0.2, 0) is 14.3 Å². The van der Waals surface area contributed by atoms with Gasteiger partial charge in [-0.25, -0.2) is 9.78 Å². The highest BCUT2D eigenvalue weighted by Crippen LogP contribution is 2.30. The average Bonchev–Trinajstić information content (AvgIpc) is 3.43. The molecule has 190 valence electrons. The average molecular weight is 520 g/mol. The van der Waals surface area contributed by atoms with Crippen LogP contribution in [0.4, 0.5) is 0 Å². The number of thiophene rings is 1. The lowest BCUT2D eigenvalue weighted by Gasteiger charge is -2.27. The van der Waals surface area contributed by atoms with E-state index in [4.69, 9.17) is 9.47 Å². The van der Waals surface area contributed by atoms with E-state index in [0.29, 0.717) is 47.0 Å². The zero-order valence-electron chi connectivity index (χ0n) is 20.4. The van der Waals surface area contributed by atoms with Crippen molar-refractivity contribution in [3.05, 3.63) is 69.5 Å². The summed E-state index contributed by atoms with van der Waals surface area (Å²) in [6.07, 6.45) is 4.26. The third kappa shape index (κ3) is 4.72. The molecule has 4 aromatic rings. The monoisotopic (exact) mass is 519 g/mol. The molecule has 0 spiro atoms. The van der Waals surface area contributed by atoms with E-state index in [9.17, 15) is 19.2 Å². The highest BCUT2D eigenvalue weighted by Gasteiger charge is 2.28. The van der Waals surface area contributed by atoms with Gasteiger partial charge in [0.15, 0.2) is 5.65 Å². The van der Waals surface area contributed by atoms with Crippen molar-refractivity contribution >= 4 is 45.7 Å². The molecule has 0 atom stereocenters. The maximum atomic E-state index is 13.4. The molecule has 1 fully saturated rings. The molecule has 0 bridgehead atoms. The van der Waals surface area contributed by atoms with Crippen LogP contribution >= 0.6 is 11.3 Å². The topological polar surface area (TPSA) is 116 Å². The molecule has 5 rings (SSSR count). The maximum Gasteiger partial charge on any atom is 0.348 e. The first-order valence-corrected chi connectivity index (χ1v) is 12.7. The molecule has 1 N–H and O–H groups in total. The molecule has 9 nitrogen and oxygen atoms in total. The number of hydrogen-bond donors (Lipinski definition) is 1. The number of hydrogen-bond acceptors (Lipinski definition) is 8. The van der Waals surface area contributed by atoms with Gasteiger partial charge < -0.3 is 14.8 Å². The smallest absolute Gasteiger partial charge is 0.348 e. The first kappa shape index (κ1) is 24.6. The van der Waals surface area contributed by atoms with E-state index < -0.39 is 5.97 Å². The van der Waals surface area contributed by atoms with E-state index in [1.165, 1.54) is 30.0 Å². The van der Waals surface area contributed by atoms with Crippen molar-refractivity contribution < 1.29 is 23.9 Å². The lowest BCUT2D eigenvalue weighted by atomic mass is 9.86. The number of benzene rings is 1. The molecule has 0 saturated heterocycles. The summed E-state index contributed by atoms with van der Waals surface area (Å²) in [5.41, 5.74) is 1.54. The first-order valence-electron chi connectivity index (χ1n) is 11.9. The van der Waals surface area contributed by atoms with Gasteiger partial charge in [0.25, 0.3) is 11.5 Å². The number of esters is 2.